The lowest BCUT2D eigenvalue weighted by Gasteiger charge is -2.13. The quantitative estimate of drug-likeness (QED) is 0.776. The first-order valence-corrected chi connectivity index (χ1v) is 7.21. The third kappa shape index (κ3) is 3.00. The second-order valence-corrected chi connectivity index (χ2v) is 5.64. The van der Waals surface area contributed by atoms with E-state index in [1.165, 1.54) is 15.6 Å². The average Bonchev–Trinajstić information content (AvgIpc) is 3.06. The average molecular weight is 272 g/mol. The van der Waals surface area contributed by atoms with E-state index >= 15 is 0 Å². The number of fused-ring (bicyclic) bond motifs is 1. The zero-order valence-corrected chi connectivity index (χ0v) is 11.6. The van der Waals surface area contributed by atoms with Gasteiger partial charge in [0.1, 0.15) is 12.7 Å². The molecular formula is C14H16N4S. The van der Waals surface area contributed by atoms with E-state index in [2.05, 4.69) is 52.0 Å². The van der Waals surface area contributed by atoms with Gasteiger partial charge in [0.15, 0.2) is 0 Å². The van der Waals surface area contributed by atoms with E-state index in [-0.39, 0.29) is 0 Å². The minimum atomic E-state index is 0.361. The predicted octanol–water partition coefficient (Wildman–Crippen LogP) is 2.67. The summed E-state index contributed by atoms with van der Waals surface area (Å²) in [5, 5.41) is 11.1. The molecule has 1 atom stereocenters. The molecule has 0 aliphatic rings. The molecule has 1 N–H and O–H groups in total. The second-order valence-electron chi connectivity index (χ2n) is 4.69. The highest BCUT2D eigenvalue weighted by atomic mass is 32.1. The summed E-state index contributed by atoms with van der Waals surface area (Å²) in [5.41, 5.74) is 1.32. The molecule has 0 fully saturated rings. The van der Waals surface area contributed by atoms with Crippen LogP contribution in [-0.4, -0.2) is 20.8 Å². The zero-order valence-electron chi connectivity index (χ0n) is 10.8. The van der Waals surface area contributed by atoms with Crippen LogP contribution in [-0.2, 0) is 13.1 Å². The summed E-state index contributed by atoms with van der Waals surface area (Å²) in [4.78, 5) is 3.95. The molecule has 1 aromatic carbocycles. The Morgan fingerprint density at radius 1 is 1.37 bits per heavy atom. The first kappa shape index (κ1) is 12.3. The van der Waals surface area contributed by atoms with Crippen LogP contribution in [0.1, 0.15) is 12.5 Å². The number of benzene rings is 1. The zero-order chi connectivity index (χ0) is 13.1. The fourth-order valence-electron chi connectivity index (χ4n) is 2.09. The molecule has 0 aliphatic heterocycles. The van der Waals surface area contributed by atoms with Crippen molar-refractivity contribution in [3.8, 4) is 0 Å². The predicted molar refractivity (Wildman–Crippen MR) is 78.1 cm³/mol. The number of rotatable bonds is 5. The molecule has 5 heteroatoms. The van der Waals surface area contributed by atoms with Crippen molar-refractivity contribution in [2.24, 2.45) is 0 Å². The Balaban J connectivity index is 1.59. The molecule has 0 bridgehead atoms. The van der Waals surface area contributed by atoms with Crippen LogP contribution in [0.4, 0.5) is 0 Å². The van der Waals surface area contributed by atoms with Gasteiger partial charge < -0.3 is 5.32 Å². The van der Waals surface area contributed by atoms with Crippen LogP contribution >= 0.6 is 11.3 Å². The summed E-state index contributed by atoms with van der Waals surface area (Å²) < 4.78 is 3.19. The lowest BCUT2D eigenvalue weighted by Crippen LogP contribution is -2.30. The summed E-state index contributed by atoms with van der Waals surface area (Å²) in [6.45, 7) is 3.87. The molecule has 0 saturated carbocycles. The Morgan fingerprint density at radius 3 is 3.16 bits per heavy atom. The number of nitrogens with zero attached hydrogens (tertiary/aromatic N) is 3. The van der Waals surface area contributed by atoms with Crippen LogP contribution in [0.5, 0.6) is 0 Å². The Labute approximate surface area is 116 Å². The first-order chi connectivity index (χ1) is 9.31. The van der Waals surface area contributed by atoms with Crippen molar-refractivity contribution in [1.82, 2.24) is 20.1 Å². The molecule has 0 spiro atoms. The largest absolute Gasteiger partial charge is 0.308 e. The first-order valence-electron chi connectivity index (χ1n) is 6.33. The van der Waals surface area contributed by atoms with Crippen molar-refractivity contribution in [2.45, 2.75) is 26.1 Å². The molecule has 0 aliphatic carbocycles. The molecule has 19 heavy (non-hydrogen) atoms. The Hall–Kier alpha value is -1.72. The summed E-state index contributed by atoms with van der Waals surface area (Å²) in [6, 6.07) is 9.16. The van der Waals surface area contributed by atoms with Crippen LogP contribution in [0, 0.1) is 0 Å². The highest BCUT2D eigenvalue weighted by Gasteiger charge is 2.04. The smallest absolute Gasteiger partial charge is 0.137 e. The third-order valence-corrected chi connectivity index (χ3v) is 4.00. The molecule has 3 rings (SSSR count). The highest BCUT2D eigenvalue weighted by molar-refractivity contribution is 7.17. The fourth-order valence-corrected chi connectivity index (χ4v) is 2.86. The van der Waals surface area contributed by atoms with Gasteiger partial charge in [-0.25, -0.2) is 4.98 Å². The molecule has 0 amide bonds. The van der Waals surface area contributed by atoms with E-state index in [1.807, 2.05) is 4.68 Å². The lowest BCUT2D eigenvalue weighted by atomic mass is 10.1. The summed E-state index contributed by atoms with van der Waals surface area (Å²) in [6.07, 6.45) is 3.31. The standard InChI is InChI=1S/C14H16N4S/c1-11(8-18-10-15-9-17-18)16-7-12-2-3-14-13(6-12)4-5-19-14/h2-6,9-11,16H,7-8H2,1H3. The van der Waals surface area contributed by atoms with Gasteiger partial charge in [0.25, 0.3) is 0 Å². The summed E-state index contributed by atoms with van der Waals surface area (Å²) in [5.74, 6) is 0. The topological polar surface area (TPSA) is 42.7 Å². The van der Waals surface area contributed by atoms with E-state index < -0.39 is 0 Å². The second kappa shape index (κ2) is 5.50. The summed E-state index contributed by atoms with van der Waals surface area (Å²) >= 11 is 1.78. The van der Waals surface area contributed by atoms with Crippen molar-refractivity contribution in [3.63, 3.8) is 0 Å². The van der Waals surface area contributed by atoms with Crippen molar-refractivity contribution >= 4 is 21.4 Å². The minimum Gasteiger partial charge on any atom is -0.308 e. The van der Waals surface area contributed by atoms with Gasteiger partial charge in [-0.2, -0.15) is 5.10 Å². The molecular weight excluding hydrogens is 256 g/mol. The normalized spacial score (nSPS) is 12.9. The third-order valence-electron chi connectivity index (χ3n) is 3.10. The van der Waals surface area contributed by atoms with Gasteiger partial charge in [0.2, 0.25) is 0 Å². The maximum atomic E-state index is 4.11. The van der Waals surface area contributed by atoms with E-state index in [0.717, 1.165) is 13.1 Å². The Kier molecular flexibility index (Phi) is 3.57. The van der Waals surface area contributed by atoms with Crippen LogP contribution in [0.25, 0.3) is 10.1 Å². The molecule has 2 aromatic heterocycles. The summed E-state index contributed by atoms with van der Waals surface area (Å²) in [7, 11) is 0. The van der Waals surface area contributed by atoms with Gasteiger partial charge in [-0.1, -0.05) is 6.07 Å². The molecule has 0 radical (unpaired) electrons. The van der Waals surface area contributed by atoms with Gasteiger partial charge in [0.05, 0.1) is 6.54 Å². The van der Waals surface area contributed by atoms with Gasteiger partial charge in [0, 0.05) is 17.3 Å². The number of aromatic nitrogens is 3. The van der Waals surface area contributed by atoms with Crippen LogP contribution in [0.2, 0.25) is 0 Å². The van der Waals surface area contributed by atoms with Crippen molar-refractivity contribution in [3.05, 3.63) is 47.9 Å². The van der Waals surface area contributed by atoms with E-state index in [1.54, 1.807) is 24.0 Å². The maximum Gasteiger partial charge on any atom is 0.137 e. The lowest BCUT2D eigenvalue weighted by molar-refractivity contribution is 0.450. The van der Waals surface area contributed by atoms with E-state index in [9.17, 15) is 0 Å². The van der Waals surface area contributed by atoms with Crippen molar-refractivity contribution in [2.75, 3.05) is 0 Å². The number of thiophene rings is 1. The maximum absolute atomic E-state index is 4.11. The molecule has 1 unspecified atom stereocenters. The minimum absolute atomic E-state index is 0.361. The van der Waals surface area contributed by atoms with E-state index in [4.69, 9.17) is 0 Å². The van der Waals surface area contributed by atoms with E-state index in [0.29, 0.717) is 6.04 Å². The van der Waals surface area contributed by atoms with Crippen molar-refractivity contribution < 1.29 is 0 Å². The Bertz CT molecular complexity index is 644. The number of nitrogens with one attached hydrogen (secondary N) is 1. The monoisotopic (exact) mass is 272 g/mol. The Morgan fingerprint density at radius 2 is 2.32 bits per heavy atom. The molecule has 0 saturated heterocycles. The number of hydrogen-bond donors (Lipinski definition) is 1. The van der Waals surface area contributed by atoms with Gasteiger partial charge in [-0.3, -0.25) is 4.68 Å². The fraction of sp³-hybridized carbons (Fsp3) is 0.286. The van der Waals surface area contributed by atoms with Crippen LogP contribution < -0.4 is 5.32 Å². The van der Waals surface area contributed by atoms with Gasteiger partial charge in [-0.05, 0) is 41.5 Å². The number of hydrogen-bond acceptors (Lipinski definition) is 4. The molecule has 3 aromatic rings. The van der Waals surface area contributed by atoms with Crippen LogP contribution in [0.3, 0.4) is 0 Å². The highest BCUT2D eigenvalue weighted by Crippen LogP contribution is 2.21. The molecule has 4 nitrogen and oxygen atoms in total. The van der Waals surface area contributed by atoms with Gasteiger partial charge >= 0.3 is 0 Å². The molecule has 98 valence electrons. The van der Waals surface area contributed by atoms with Gasteiger partial charge in [-0.15, -0.1) is 11.3 Å². The van der Waals surface area contributed by atoms with Crippen LogP contribution in [0.15, 0.2) is 42.3 Å². The molecule has 2 heterocycles. The SMILES string of the molecule is CC(Cn1cncn1)NCc1ccc2sccc2c1. The van der Waals surface area contributed by atoms with Crippen molar-refractivity contribution in [1.29, 1.82) is 0 Å².